The van der Waals surface area contributed by atoms with Crippen LogP contribution < -0.4 is 5.73 Å². The molecule has 0 amide bonds. The summed E-state index contributed by atoms with van der Waals surface area (Å²) in [5.41, 5.74) is 6.32. The zero-order valence-electron chi connectivity index (χ0n) is 7.53. The van der Waals surface area contributed by atoms with Gasteiger partial charge in [-0.3, -0.25) is 4.21 Å². The zero-order valence-corrected chi connectivity index (χ0v) is 9.16. The molecule has 0 bridgehead atoms. The second kappa shape index (κ2) is 5.29. The first-order valence-corrected chi connectivity index (χ1v) is 6.69. The number of anilines is 1. The predicted molar refractivity (Wildman–Crippen MR) is 60.5 cm³/mol. The lowest BCUT2D eigenvalue weighted by atomic mass is 10.3. The molecule has 0 fully saturated rings. The Bertz CT molecular complexity index is 301. The molecule has 0 aliphatic carbocycles. The van der Waals surface area contributed by atoms with E-state index in [0.717, 1.165) is 10.6 Å². The quantitative estimate of drug-likeness (QED) is 0.778. The normalized spacial score (nSPS) is 12.7. The summed E-state index contributed by atoms with van der Waals surface area (Å²) < 4.78 is 11.6. The van der Waals surface area contributed by atoms with Crippen LogP contribution in [0.25, 0.3) is 0 Å². The Morgan fingerprint density at radius 3 is 2.77 bits per heavy atom. The summed E-state index contributed by atoms with van der Waals surface area (Å²) in [6.07, 6.45) is 2.01. The summed E-state index contributed by atoms with van der Waals surface area (Å²) in [6.45, 7) is 0. The molecule has 1 rings (SSSR count). The van der Waals surface area contributed by atoms with Gasteiger partial charge >= 0.3 is 0 Å². The lowest BCUT2D eigenvalue weighted by Gasteiger charge is -2.03. The van der Waals surface area contributed by atoms with Gasteiger partial charge in [-0.1, -0.05) is 12.1 Å². The third-order valence-electron chi connectivity index (χ3n) is 1.64. The number of rotatable bonds is 4. The van der Waals surface area contributed by atoms with Crippen LogP contribution in [0.4, 0.5) is 5.69 Å². The molecule has 2 N–H and O–H groups in total. The lowest BCUT2D eigenvalue weighted by Crippen LogP contribution is -2.03. The summed E-state index contributed by atoms with van der Waals surface area (Å²) in [6, 6.07) is 7.32. The van der Waals surface area contributed by atoms with Crippen molar-refractivity contribution in [2.24, 2.45) is 0 Å². The summed E-state index contributed by atoms with van der Waals surface area (Å²) in [5.74, 6) is 1.58. The minimum Gasteiger partial charge on any atom is -0.398 e. The van der Waals surface area contributed by atoms with Crippen LogP contribution in [0, 0.1) is 0 Å². The van der Waals surface area contributed by atoms with Gasteiger partial charge in [0.05, 0.1) is 15.7 Å². The minimum atomic E-state index is -0.941. The van der Waals surface area contributed by atoms with Crippen molar-refractivity contribution in [3.8, 4) is 0 Å². The molecular formula is C9H13NOS2. The average Bonchev–Trinajstić information content (AvgIpc) is 2.15. The molecule has 0 radical (unpaired) electrons. The topological polar surface area (TPSA) is 43.1 Å². The van der Waals surface area contributed by atoms with Gasteiger partial charge in [-0.15, -0.1) is 0 Å². The van der Waals surface area contributed by atoms with Gasteiger partial charge in [-0.25, -0.2) is 0 Å². The number of nitrogen functional groups attached to an aromatic ring is 1. The largest absolute Gasteiger partial charge is 0.398 e. The van der Waals surface area contributed by atoms with Crippen molar-refractivity contribution in [2.75, 3.05) is 23.5 Å². The monoisotopic (exact) mass is 215 g/mol. The van der Waals surface area contributed by atoms with Gasteiger partial charge in [-0.2, -0.15) is 11.8 Å². The van der Waals surface area contributed by atoms with Gasteiger partial charge in [0.2, 0.25) is 0 Å². The fraction of sp³-hybridized carbons (Fsp3) is 0.333. The highest BCUT2D eigenvalue weighted by Crippen LogP contribution is 2.15. The van der Waals surface area contributed by atoms with Crippen LogP contribution in [-0.4, -0.2) is 22.0 Å². The van der Waals surface area contributed by atoms with Crippen molar-refractivity contribution >= 4 is 28.2 Å². The van der Waals surface area contributed by atoms with Crippen molar-refractivity contribution in [3.63, 3.8) is 0 Å². The van der Waals surface area contributed by atoms with E-state index in [4.69, 9.17) is 5.73 Å². The molecule has 0 aromatic heterocycles. The van der Waals surface area contributed by atoms with Crippen molar-refractivity contribution in [2.45, 2.75) is 4.90 Å². The standard InChI is InChI=1S/C9H13NOS2/c1-12-6-7-13(11)9-5-3-2-4-8(9)10/h2-5H,6-7,10H2,1H3. The molecule has 0 aliphatic rings. The van der Waals surface area contributed by atoms with Crippen molar-refractivity contribution in [1.29, 1.82) is 0 Å². The summed E-state index contributed by atoms with van der Waals surface area (Å²) >= 11 is 1.70. The van der Waals surface area contributed by atoms with Crippen molar-refractivity contribution < 1.29 is 4.21 Å². The molecule has 0 heterocycles. The Kier molecular flexibility index (Phi) is 4.32. The van der Waals surface area contributed by atoms with Gasteiger partial charge in [-0.05, 0) is 18.4 Å². The highest BCUT2D eigenvalue weighted by Gasteiger charge is 2.05. The molecule has 0 saturated heterocycles. The zero-order chi connectivity index (χ0) is 9.68. The van der Waals surface area contributed by atoms with E-state index in [1.807, 2.05) is 24.5 Å². The van der Waals surface area contributed by atoms with Crippen LogP contribution in [0.2, 0.25) is 0 Å². The second-order valence-corrected chi connectivity index (χ2v) is 5.10. The average molecular weight is 215 g/mol. The molecule has 0 aliphatic heterocycles. The summed E-state index contributed by atoms with van der Waals surface area (Å²) in [4.78, 5) is 0.761. The van der Waals surface area contributed by atoms with Crippen LogP contribution in [0.1, 0.15) is 0 Å². The van der Waals surface area contributed by atoms with E-state index in [1.165, 1.54) is 0 Å². The lowest BCUT2D eigenvalue weighted by molar-refractivity contribution is 0.684. The Balaban J connectivity index is 2.71. The Morgan fingerprint density at radius 1 is 1.46 bits per heavy atom. The molecule has 1 aromatic carbocycles. The molecule has 0 saturated carbocycles. The number of thioether (sulfide) groups is 1. The first-order chi connectivity index (χ1) is 6.25. The number of benzene rings is 1. The van der Waals surface area contributed by atoms with E-state index in [-0.39, 0.29) is 0 Å². The summed E-state index contributed by atoms with van der Waals surface area (Å²) in [5, 5.41) is 0. The fourth-order valence-electron chi connectivity index (χ4n) is 0.957. The number of para-hydroxylation sites is 1. The van der Waals surface area contributed by atoms with Crippen LogP contribution in [0.5, 0.6) is 0 Å². The molecule has 4 heteroatoms. The van der Waals surface area contributed by atoms with E-state index in [9.17, 15) is 4.21 Å². The molecular weight excluding hydrogens is 202 g/mol. The predicted octanol–water partition coefficient (Wildman–Crippen LogP) is 1.74. The number of nitrogens with two attached hydrogens (primary N) is 1. The van der Waals surface area contributed by atoms with Crippen LogP contribution in [-0.2, 0) is 10.8 Å². The molecule has 1 atom stereocenters. The van der Waals surface area contributed by atoms with Gasteiger partial charge in [0.25, 0.3) is 0 Å². The maximum Gasteiger partial charge on any atom is 0.0617 e. The van der Waals surface area contributed by atoms with Crippen molar-refractivity contribution in [3.05, 3.63) is 24.3 Å². The highest BCUT2D eigenvalue weighted by atomic mass is 32.2. The molecule has 2 nitrogen and oxygen atoms in total. The maximum absolute atomic E-state index is 11.6. The van der Waals surface area contributed by atoms with Crippen LogP contribution in [0.15, 0.2) is 29.2 Å². The Labute approximate surface area is 85.4 Å². The number of hydrogen-bond donors (Lipinski definition) is 1. The van der Waals surface area contributed by atoms with E-state index in [0.29, 0.717) is 11.4 Å². The van der Waals surface area contributed by atoms with E-state index >= 15 is 0 Å². The smallest absolute Gasteiger partial charge is 0.0617 e. The van der Waals surface area contributed by atoms with Gasteiger partial charge in [0, 0.05) is 17.2 Å². The Hall–Kier alpha value is -0.480. The SMILES string of the molecule is CSCCS(=O)c1ccccc1N. The first-order valence-electron chi connectivity index (χ1n) is 3.97. The molecule has 1 unspecified atom stereocenters. The minimum absolute atomic E-state index is 0.627. The van der Waals surface area contributed by atoms with Gasteiger partial charge < -0.3 is 5.73 Å². The van der Waals surface area contributed by atoms with Crippen molar-refractivity contribution in [1.82, 2.24) is 0 Å². The first kappa shape index (κ1) is 10.6. The van der Waals surface area contributed by atoms with E-state index < -0.39 is 10.8 Å². The highest BCUT2D eigenvalue weighted by molar-refractivity contribution is 7.99. The summed E-state index contributed by atoms with van der Waals surface area (Å²) in [7, 11) is -0.941. The molecule has 1 aromatic rings. The van der Waals surface area contributed by atoms with Gasteiger partial charge in [0.1, 0.15) is 0 Å². The third kappa shape index (κ3) is 3.04. The number of hydrogen-bond acceptors (Lipinski definition) is 3. The third-order valence-corrected chi connectivity index (χ3v) is 3.95. The van der Waals surface area contributed by atoms with Crippen LogP contribution in [0.3, 0.4) is 0 Å². The van der Waals surface area contributed by atoms with E-state index in [2.05, 4.69) is 0 Å². The van der Waals surface area contributed by atoms with Crippen LogP contribution >= 0.6 is 11.8 Å². The molecule has 72 valence electrons. The Morgan fingerprint density at radius 2 is 2.15 bits per heavy atom. The maximum atomic E-state index is 11.6. The van der Waals surface area contributed by atoms with Gasteiger partial charge in [0.15, 0.2) is 0 Å². The second-order valence-electron chi connectivity index (χ2n) is 2.58. The fourth-order valence-corrected chi connectivity index (χ4v) is 3.01. The molecule has 13 heavy (non-hydrogen) atoms. The van der Waals surface area contributed by atoms with E-state index in [1.54, 1.807) is 17.8 Å². The molecule has 0 spiro atoms.